The van der Waals surface area contributed by atoms with Crippen molar-refractivity contribution in [2.75, 3.05) is 6.61 Å². The lowest BCUT2D eigenvalue weighted by Crippen LogP contribution is -2.36. The van der Waals surface area contributed by atoms with Gasteiger partial charge < -0.3 is 9.84 Å². The van der Waals surface area contributed by atoms with Crippen molar-refractivity contribution in [3.8, 4) is 5.75 Å². The van der Waals surface area contributed by atoms with Gasteiger partial charge in [-0.25, -0.2) is 0 Å². The lowest BCUT2D eigenvalue weighted by atomic mass is 9.70. The molecule has 0 radical (unpaired) electrons. The van der Waals surface area contributed by atoms with Crippen LogP contribution in [0.4, 0.5) is 0 Å². The van der Waals surface area contributed by atoms with Crippen LogP contribution < -0.4 is 4.74 Å². The molecule has 1 saturated carbocycles. The molecular weight excluding hydrogens is 248 g/mol. The molecule has 4 atom stereocenters. The molecule has 1 fully saturated rings. The van der Waals surface area contributed by atoms with Gasteiger partial charge in [-0.1, -0.05) is 50.8 Å². The molecule has 0 saturated heterocycles. The number of hydrogen-bond donors (Lipinski definition) is 1. The van der Waals surface area contributed by atoms with Crippen molar-refractivity contribution in [2.24, 2.45) is 11.8 Å². The minimum absolute atomic E-state index is 0.203. The highest BCUT2D eigenvalue weighted by atomic mass is 16.5. The quantitative estimate of drug-likeness (QED) is 0.898. The maximum Gasteiger partial charge on any atom is 0.122 e. The SMILES string of the molecule is CCC1CCCCC1C(O)C1CCOc2ccccc21. The summed E-state index contributed by atoms with van der Waals surface area (Å²) in [5.74, 6) is 2.42. The Kier molecular flexibility index (Phi) is 4.30. The summed E-state index contributed by atoms with van der Waals surface area (Å²) in [6.07, 6.45) is 7.06. The third-order valence-corrected chi connectivity index (χ3v) is 5.35. The number of aliphatic hydroxyl groups is 1. The number of ether oxygens (including phenoxy) is 1. The van der Waals surface area contributed by atoms with E-state index in [0.29, 0.717) is 11.8 Å². The summed E-state index contributed by atoms with van der Waals surface area (Å²) in [4.78, 5) is 0. The van der Waals surface area contributed by atoms with Gasteiger partial charge in [0, 0.05) is 5.92 Å². The molecule has 0 spiro atoms. The molecule has 110 valence electrons. The highest BCUT2D eigenvalue weighted by Crippen LogP contribution is 2.43. The van der Waals surface area contributed by atoms with Crippen molar-refractivity contribution in [3.05, 3.63) is 29.8 Å². The lowest BCUT2D eigenvalue weighted by molar-refractivity contribution is 0.0161. The van der Waals surface area contributed by atoms with Crippen LogP contribution in [0.25, 0.3) is 0 Å². The number of aliphatic hydroxyl groups excluding tert-OH is 1. The second-order valence-electron chi connectivity index (χ2n) is 6.39. The third kappa shape index (κ3) is 2.58. The summed E-state index contributed by atoms with van der Waals surface area (Å²) in [7, 11) is 0. The fraction of sp³-hybridized carbons (Fsp3) is 0.667. The van der Waals surface area contributed by atoms with Gasteiger partial charge in [-0.05, 0) is 36.3 Å². The van der Waals surface area contributed by atoms with E-state index in [1.165, 1.54) is 37.7 Å². The van der Waals surface area contributed by atoms with Gasteiger partial charge in [0.05, 0.1) is 12.7 Å². The molecule has 20 heavy (non-hydrogen) atoms. The lowest BCUT2D eigenvalue weighted by Gasteiger charge is -2.39. The molecule has 1 heterocycles. The van der Waals surface area contributed by atoms with Crippen molar-refractivity contribution in [1.29, 1.82) is 0 Å². The second-order valence-corrected chi connectivity index (χ2v) is 6.39. The Morgan fingerprint density at radius 2 is 2.00 bits per heavy atom. The molecule has 1 N–H and O–H groups in total. The van der Waals surface area contributed by atoms with E-state index in [1.807, 2.05) is 12.1 Å². The smallest absolute Gasteiger partial charge is 0.122 e. The van der Waals surface area contributed by atoms with Gasteiger partial charge in [-0.3, -0.25) is 0 Å². The molecule has 2 aliphatic rings. The van der Waals surface area contributed by atoms with E-state index >= 15 is 0 Å². The third-order valence-electron chi connectivity index (χ3n) is 5.35. The van der Waals surface area contributed by atoms with Crippen molar-refractivity contribution < 1.29 is 9.84 Å². The van der Waals surface area contributed by atoms with Crippen molar-refractivity contribution in [1.82, 2.24) is 0 Å². The van der Waals surface area contributed by atoms with E-state index in [0.717, 1.165) is 18.8 Å². The molecule has 3 rings (SSSR count). The Labute approximate surface area is 122 Å². The van der Waals surface area contributed by atoms with E-state index in [4.69, 9.17) is 4.74 Å². The summed E-state index contributed by atoms with van der Waals surface area (Å²) in [6, 6.07) is 8.24. The van der Waals surface area contributed by atoms with Crippen LogP contribution in [0.15, 0.2) is 24.3 Å². The zero-order chi connectivity index (χ0) is 13.9. The van der Waals surface area contributed by atoms with Gasteiger partial charge in [-0.15, -0.1) is 0 Å². The Bertz CT molecular complexity index is 443. The Balaban J connectivity index is 1.82. The molecule has 1 aliphatic heterocycles. The Hall–Kier alpha value is -1.02. The standard InChI is InChI=1S/C18H26O2/c1-2-13-7-3-4-8-14(13)18(19)16-11-12-20-17-10-6-5-9-15(16)17/h5-6,9-10,13-14,16,18-19H,2-4,7-8,11-12H2,1H3. The van der Waals surface area contributed by atoms with E-state index in [2.05, 4.69) is 19.1 Å². The molecule has 1 aromatic carbocycles. The average Bonchev–Trinajstić information content (AvgIpc) is 2.53. The van der Waals surface area contributed by atoms with Gasteiger partial charge in [0.2, 0.25) is 0 Å². The highest BCUT2D eigenvalue weighted by molar-refractivity contribution is 5.38. The Morgan fingerprint density at radius 1 is 1.20 bits per heavy atom. The molecule has 0 aromatic heterocycles. The van der Waals surface area contributed by atoms with Crippen LogP contribution in [0.1, 0.15) is 56.9 Å². The van der Waals surface area contributed by atoms with E-state index in [9.17, 15) is 5.11 Å². The summed E-state index contributed by atoms with van der Waals surface area (Å²) in [5.41, 5.74) is 1.21. The van der Waals surface area contributed by atoms with E-state index in [-0.39, 0.29) is 12.0 Å². The van der Waals surface area contributed by atoms with Crippen LogP contribution in [0, 0.1) is 11.8 Å². The van der Waals surface area contributed by atoms with Crippen LogP contribution in [-0.4, -0.2) is 17.8 Å². The van der Waals surface area contributed by atoms with Gasteiger partial charge in [0.1, 0.15) is 5.75 Å². The van der Waals surface area contributed by atoms with Crippen molar-refractivity contribution in [3.63, 3.8) is 0 Å². The summed E-state index contributed by atoms with van der Waals surface area (Å²) >= 11 is 0. The maximum atomic E-state index is 11.0. The number of para-hydroxylation sites is 1. The van der Waals surface area contributed by atoms with Crippen LogP contribution in [0.2, 0.25) is 0 Å². The number of rotatable bonds is 3. The highest BCUT2D eigenvalue weighted by Gasteiger charge is 2.37. The summed E-state index contributed by atoms with van der Waals surface area (Å²) < 4.78 is 5.73. The first-order valence-electron chi connectivity index (χ1n) is 8.21. The van der Waals surface area contributed by atoms with Crippen molar-refractivity contribution in [2.45, 2.75) is 57.5 Å². The first-order chi connectivity index (χ1) is 9.81. The molecule has 2 heteroatoms. The fourth-order valence-corrected chi connectivity index (χ4v) is 4.22. The molecule has 1 aliphatic carbocycles. The van der Waals surface area contributed by atoms with Gasteiger partial charge in [0.25, 0.3) is 0 Å². The molecule has 2 nitrogen and oxygen atoms in total. The first kappa shape index (κ1) is 13.9. The van der Waals surface area contributed by atoms with Crippen molar-refractivity contribution >= 4 is 0 Å². The van der Waals surface area contributed by atoms with Gasteiger partial charge in [-0.2, -0.15) is 0 Å². The molecular formula is C18H26O2. The largest absolute Gasteiger partial charge is 0.493 e. The van der Waals surface area contributed by atoms with Gasteiger partial charge in [0.15, 0.2) is 0 Å². The molecule has 0 amide bonds. The number of fused-ring (bicyclic) bond motifs is 1. The minimum Gasteiger partial charge on any atom is -0.493 e. The second kappa shape index (κ2) is 6.17. The van der Waals surface area contributed by atoms with Crippen LogP contribution in [0.5, 0.6) is 5.75 Å². The van der Waals surface area contributed by atoms with Crippen LogP contribution in [0.3, 0.4) is 0 Å². The predicted molar refractivity (Wildman–Crippen MR) is 81.0 cm³/mol. The average molecular weight is 274 g/mol. The minimum atomic E-state index is -0.203. The van der Waals surface area contributed by atoms with Crippen LogP contribution in [-0.2, 0) is 0 Å². The summed E-state index contributed by atoms with van der Waals surface area (Å²) in [6.45, 7) is 3.01. The zero-order valence-electron chi connectivity index (χ0n) is 12.4. The topological polar surface area (TPSA) is 29.5 Å². The van der Waals surface area contributed by atoms with E-state index in [1.54, 1.807) is 0 Å². The monoisotopic (exact) mass is 274 g/mol. The van der Waals surface area contributed by atoms with Gasteiger partial charge >= 0.3 is 0 Å². The van der Waals surface area contributed by atoms with E-state index < -0.39 is 0 Å². The Morgan fingerprint density at radius 3 is 2.85 bits per heavy atom. The molecule has 1 aromatic rings. The van der Waals surface area contributed by atoms with Crippen LogP contribution >= 0.6 is 0 Å². The predicted octanol–water partition coefficient (Wildman–Crippen LogP) is 4.13. The number of hydrogen-bond acceptors (Lipinski definition) is 2. The summed E-state index contributed by atoms with van der Waals surface area (Å²) in [5, 5.41) is 11.0. The fourth-order valence-electron chi connectivity index (χ4n) is 4.22. The maximum absolute atomic E-state index is 11.0. The molecule has 0 bridgehead atoms. The molecule has 4 unspecified atom stereocenters. The normalized spacial score (nSPS) is 31.2. The number of benzene rings is 1. The first-order valence-corrected chi connectivity index (χ1v) is 8.21. The zero-order valence-corrected chi connectivity index (χ0v) is 12.4.